The summed E-state index contributed by atoms with van der Waals surface area (Å²) in [7, 11) is -2.09. The molecule has 1 aliphatic heterocycles. The zero-order valence-electron chi connectivity index (χ0n) is 17.2. The third-order valence-electron chi connectivity index (χ3n) is 4.75. The van der Waals surface area contributed by atoms with Gasteiger partial charge in [-0.15, -0.1) is 0 Å². The second-order valence-corrected chi connectivity index (χ2v) is 9.93. The highest BCUT2D eigenvalue weighted by Gasteiger charge is 2.36. The van der Waals surface area contributed by atoms with E-state index in [1.165, 1.54) is 11.4 Å². The van der Waals surface area contributed by atoms with Crippen molar-refractivity contribution < 1.29 is 22.7 Å². The summed E-state index contributed by atoms with van der Waals surface area (Å²) in [6, 6.07) is 12.4. The molecule has 0 bridgehead atoms. The number of ether oxygens (including phenoxy) is 2. The number of amides is 1. The van der Waals surface area contributed by atoms with Crippen LogP contribution in [0.3, 0.4) is 0 Å². The summed E-state index contributed by atoms with van der Waals surface area (Å²) in [5.74, 6) is 0.412. The molecule has 156 valence electrons. The summed E-state index contributed by atoms with van der Waals surface area (Å²) in [5, 5.41) is 2.76. The second kappa shape index (κ2) is 7.59. The standard InChI is InChI=1S/C21H26N2O5S/c1-21(2,3)14-10-11-18-16(12-14)23(29(5,25)26)13-19(28-18)20(24)22-15-8-6-7-9-17(15)27-4/h6-12,19H,13H2,1-5H3,(H,22,24)/t19-/m0/s1. The van der Waals surface area contributed by atoms with E-state index in [1.807, 2.05) is 32.9 Å². The van der Waals surface area contributed by atoms with Crippen molar-refractivity contribution in [3.63, 3.8) is 0 Å². The Morgan fingerprint density at radius 2 is 1.90 bits per heavy atom. The van der Waals surface area contributed by atoms with Gasteiger partial charge < -0.3 is 14.8 Å². The molecule has 0 spiro atoms. The molecule has 1 heterocycles. The highest BCUT2D eigenvalue weighted by molar-refractivity contribution is 7.92. The molecule has 3 rings (SSSR count). The highest BCUT2D eigenvalue weighted by atomic mass is 32.2. The SMILES string of the molecule is COc1ccccc1NC(=O)[C@@H]1CN(S(C)(=O)=O)c2cc(C(C)(C)C)ccc2O1. The van der Waals surface area contributed by atoms with Crippen LogP contribution in [0.1, 0.15) is 26.3 Å². The lowest BCUT2D eigenvalue weighted by atomic mass is 9.86. The Morgan fingerprint density at radius 1 is 1.21 bits per heavy atom. The predicted molar refractivity (Wildman–Crippen MR) is 113 cm³/mol. The molecule has 0 radical (unpaired) electrons. The average molecular weight is 419 g/mol. The first-order valence-electron chi connectivity index (χ1n) is 9.23. The second-order valence-electron chi connectivity index (χ2n) is 8.02. The van der Waals surface area contributed by atoms with Crippen LogP contribution in [0.15, 0.2) is 42.5 Å². The normalized spacial score (nSPS) is 16.6. The van der Waals surface area contributed by atoms with Gasteiger partial charge in [-0.05, 0) is 35.2 Å². The van der Waals surface area contributed by atoms with Crippen molar-refractivity contribution in [3.05, 3.63) is 48.0 Å². The van der Waals surface area contributed by atoms with E-state index in [2.05, 4.69) is 5.32 Å². The van der Waals surface area contributed by atoms with E-state index >= 15 is 0 Å². The fourth-order valence-electron chi connectivity index (χ4n) is 3.13. The van der Waals surface area contributed by atoms with Gasteiger partial charge in [-0.2, -0.15) is 0 Å². The minimum atomic E-state index is -3.61. The Morgan fingerprint density at radius 3 is 2.52 bits per heavy atom. The van der Waals surface area contributed by atoms with Crippen molar-refractivity contribution in [2.75, 3.05) is 29.5 Å². The third-order valence-corrected chi connectivity index (χ3v) is 5.90. The topological polar surface area (TPSA) is 84.9 Å². The van der Waals surface area contributed by atoms with Crippen LogP contribution in [0.5, 0.6) is 11.5 Å². The van der Waals surface area contributed by atoms with Crippen LogP contribution in [0.25, 0.3) is 0 Å². The van der Waals surface area contributed by atoms with Crippen molar-refractivity contribution in [2.45, 2.75) is 32.3 Å². The lowest BCUT2D eigenvalue weighted by Gasteiger charge is -2.35. The molecule has 0 saturated heterocycles. The van der Waals surface area contributed by atoms with Gasteiger partial charge in [-0.1, -0.05) is 39.0 Å². The van der Waals surface area contributed by atoms with Gasteiger partial charge in [0.05, 0.1) is 31.3 Å². The molecule has 7 nitrogen and oxygen atoms in total. The fraction of sp³-hybridized carbons (Fsp3) is 0.381. The van der Waals surface area contributed by atoms with Crippen LogP contribution in [0, 0.1) is 0 Å². The number of sulfonamides is 1. The Labute approximate surface area is 171 Å². The molecule has 0 aliphatic carbocycles. The number of fused-ring (bicyclic) bond motifs is 1. The van der Waals surface area contributed by atoms with Crippen LogP contribution in [0.4, 0.5) is 11.4 Å². The number of methoxy groups -OCH3 is 1. The summed E-state index contributed by atoms with van der Waals surface area (Å²) >= 11 is 0. The fourth-order valence-corrected chi connectivity index (χ4v) is 4.04. The largest absolute Gasteiger partial charge is 0.495 e. The molecule has 0 aromatic heterocycles. The van der Waals surface area contributed by atoms with E-state index in [0.717, 1.165) is 11.8 Å². The minimum absolute atomic E-state index is 0.111. The van der Waals surface area contributed by atoms with Gasteiger partial charge in [-0.25, -0.2) is 8.42 Å². The highest BCUT2D eigenvalue weighted by Crippen LogP contribution is 2.38. The molecule has 1 amide bonds. The van der Waals surface area contributed by atoms with Crippen LogP contribution < -0.4 is 19.1 Å². The molecule has 29 heavy (non-hydrogen) atoms. The Kier molecular flexibility index (Phi) is 5.49. The number of benzene rings is 2. The molecule has 1 aliphatic rings. The third kappa shape index (κ3) is 4.48. The summed E-state index contributed by atoms with van der Waals surface area (Å²) in [6.07, 6.45) is 0.128. The van der Waals surface area contributed by atoms with Crippen molar-refractivity contribution in [1.29, 1.82) is 0 Å². The first-order valence-corrected chi connectivity index (χ1v) is 11.1. The van der Waals surface area contributed by atoms with Gasteiger partial charge in [0.1, 0.15) is 11.5 Å². The number of nitrogens with zero attached hydrogens (tertiary/aromatic N) is 1. The van der Waals surface area contributed by atoms with E-state index in [0.29, 0.717) is 22.9 Å². The Bertz CT molecular complexity index is 1030. The van der Waals surface area contributed by atoms with E-state index in [-0.39, 0.29) is 12.0 Å². The average Bonchev–Trinajstić information content (AvgIpc) is 2.65. The number of carbonyl (C=O) groups is 1. The molecule has 0 saturated carbocycles. The van der Waals surface area contributed by atoms with E-state index in [1.54, 1.807) is 30.3 Å². The summed E-state index contributed by atoms with van der Waals surface area (Å²) in [4.78, 5) is 12.8. The maximum absolute atomic E-state index is 12.8. The molecular weight excluding hydrogens is 392 g/mol. The molecule has 0 fully saturated rings. The van der Waals surface area contributed by atoms with Crippen molar-refractivity contribution in [1.82, 2.24) is 0 Å². The number of para-hydroxylation sites is 2. The quantitative estimate of drug-likeness (QED) is 0.824. The molecule has 1 N–H and O–H groups in total. The van der Waals surface area contributed by atoms with Crippen LogP contribution in [-0.4, -0.2) is 40.3 Å². The first kappa shape index (κ1) is 21.0. The Hall–Kier alpha value is -2.74. The van der Waals surface area contributed by atoms with Gasteiger partial charge in [-0.3, -0.25) is 9.10 Å². The molecule has 1 atom stereocenters. The van der Waals surface area contributed by atoms with Crippen LogP contribution in [0.2, 0.25) is 0 Å². The number of rotatable bonds is 4. The minimum Gasteiger partial charge on any atom is -0.495 e. The van der Waals surface area contributed by atoms with E-state index in [4.69, 9.17) is 9.47 Å². The number of nitrogens with one attached hydrogen (secondary N) is 1. The summed E-state index contributed by atoms with van der Waals surface area (Å²) < 4.78 is 37.3. The van der Waals surface area contributed by atoms with E-state index in [9.17, 15) is 13.2 Å². The van der Waals surface area contributed by atoms with Crippen LogP contribution in [-0.2, 0) is 20.2 Å². The molecule has 2 aromatic carbocycles. The van der Waals surface area contributed by atoms with Crippen LogP contribution >= 0.6 is 0 Å². The monoisotopic (exact) mass is 418 g/mol. The first-order chi connectivity index (χ1) is 13.5. The molecular formula is C21H26N2O5S. The lowest BCUT2D eigenvalue weighted by Crippen LogP contribution is -2.48. The maximum Gasteiger partial charge on any atom is 0.267 e. The number of carbonyl (C=O) groups excluding carboxylic acids is 1. The summed E-state index contributed by atoms with van der Waals surface area (Å²) in [5.41, 5.74) is 1.76. The number of hydrogen-bond acceptors (Lipinski definition) is 5. The van der Waals surface area contributed by atoms with Gasteiger partial charge in [0.15, 0.2) is 6.10 Å². The Balaban J connectivity index is 1.93. The predicted octanol–water partition coefficient (Wildman–Crippen LogP) is 3.16. The van der Waals surface area contributed by atoms with Gasteiger partial charge in [0.25, 0.3) is 5.91 Å². The van der Waals surface area contributed by atoms with Gasteiger partial charge in [0, 0.05) is 0 Å². The summed E-state index contributed by atoms with van der Waals surface area (Å²) in [6.45, 7) is 6.03. The smallest absolute Gasteiger partial charge is 0.267 e. The maximum atomic E-state index is 12.8. The van der Waals surface area contributed by atoms with Gasteiger partial charge >= 0.3 is 0 Å². The molecule has 8 heteroatoms. The van der Waals surface area contributed by atoms with Crippen molar-refractivity contribution in [3.8, 4) is 11.5 Å². The van der Waals surface area contributed by atoms with Gasteiger partial charge in [0.2, 0.25) is 10.0 Å². The molecule has 0 unspecified atom stereocenters. The molecule has 2 aromatic rings. The zero-order valence-corrected chi connectivity index (χ0v) is 18.0. The van der Waals surface area contributed by atoms with Crippen molar-refractivity contribution >= 4 is 27.3 Å². The van der Waals surface area contributed by atoms with Crippen molar-refractivity contribution in [2.24, 2.45) is 0 Å². The lowest BCUT2D eigenvalue weighted by molar-refractivity contribution is -0.122. The number of anilines is 2. The zero-order chi connectivity index (χ0) is 21.4. The van der Waals surface area contributed by atoms with E-state index < -0.39 is 22.0 Å². The number of hydrogen-bond donors (Lipinski definition) is 1.